The van der Waals surface area contributed by atoms with Crippen LogP contribution in [-0.4, -0.2) is 36.5 Å². The molecule has 138 valence electrons. The van der Waals surface area contributed by atoms with E-state index in [-0.39, 0.29) is 18.0 Å². The highest BCUT2D eigenvalue weighted by Gasteiger charge is 2.17. The van der Waals surface area contributed by atoms with Crippen molar-refractivity contribution in [3.63, 3.8) is 0 Å². The minimum Gasteiger partial charge on any atom is -0.339 e. The van der Waals surface area contributed by atoms with E-state index in [1.54, 1.807) is 4.90 Å². The number of carbonyl (C=O) groups is 2. The first kappa shape index (κ1) is 19.3. The van der Waals surface area contributed by atoms with Crippen molar-refractivity contribution in [1.82, 2.24) is 15.5 Å². The van der Waals surface area contributed by atoms with Crippen molar-refractivity contribution in [3.8, 4) is 0 Å². The molecule has 0 spiro atoms. The molecule has 1 unspecified atom stereocenters. The first-order valence-electron chi connectivity index (χ1n) is 9.43. The Morgan fingerprint density at radius 3 is 2.52 bits per heavy atom. The SMILES string of the molecule is CC(c1ccccc1)N(C)C(=O)CCCNC(=O)NC1CCCCC1. The minimum atomic E-state index is -0.106. The van der Waals surface area contributed by atoms with Gasteiger partial charge in [0.15, 0.2) is 0 Å². The van der Waals surface area contributed by atoms with Gasteiger partial charge in [0, 0.05) is 26.1 Å². The van der Waals surface area contributed by atoms with Gasteiger partial charge in [-0.2, -0.15) is 0 Å². The molecule has 0 aromatic heterocycles. The summed E-state index contributed by atoms with van der Waals surface area (Å²) in [6.45, 7) is 2.56. The Kier molecular flexibility index (Phi) is 7.76. The zero-order valence-corrected chi connectivity index (χ0v) is 15.5. The summed E-state index contributed by atoms with van der Waals surface area (Å²) in [5.74, 6) is 0.103. The number of hydrogen-bond acceptors (Lipinski definition) is 2. The van der Waals surface area contributed by atoms with Crippen LogP contribution in [0.25, 0.3) is 0 Å². The van der Waals surface area contributed by atoms with Gasteiger partial charge in [0.2, 0.25) is 5.91 Å². The van der Waals surface area contributed by atoms with Crippen molar-refractivity contribution in [3.05, 3.63) is 35.9 Å². The van der Waals surface area contributed by atoms with Crippen LogP contribution >= 0.6 is 0 Å². The molecule has 0 radical (unpaired) electrons. The topological polar surface area (TPSA) is 61.4 Å². The maximum atomic E-state index is 12.3. The van der Waals surface area contributed by atoms with Gasteiger partial charge in [-0.15, -0.1) is 0 Å². The van der Waals surface area contributed by atoms with Gasteiger partial charge in [0.25, 0.3) is 0 Å². The van der Waals surface area contributed by atoms with Crippen molar-refractivity contribution in [2.45, 2.75) is 64.0 Å². The molecule has 0 heterocycles. The molecule has 2 rings (SSSR count). The van der Waals surface area contributed by atoms with Crippen molar-refractivity contribution >= 4 is 11.9 Å². The molecule has 3 amide bonds. The van der Waals surface area contributed by atoms with Gasteiger partial charge in [-0.05, 0) is 31.7 Å². The first-order valence-corrected chi connectivity index (χ1v) is 9.43. The molecule has 1 aliphatic rings. The fraction of sp³-hybridized carbons (Fsp3) is 0.600. The number of urea groups is 1. The molecule has 0 aliphatic heterocycles. The summed E-state index contributed by atoms with van der Waals surface area (Å²) >= 11 is 0. The molecule has 1 fully saturated rings. The average molecular weight is 345 g/mol. The standard InChI is InChI=1S/C20H31N3O2/c1-16(17-10-5-3-6-11-17)23(2)19(24)14-9-15-21-20(25)22-18-12-7-4-8-13-18/h3,5-6,10-11,16,18H,4,7-9,12-15H2,1-2H3,(H2,21,22,25). The lowest BCUT2D eigenvalue weighted by Crippen LogP contribution is -2.43. The molecule has 1 saturated carbocycles. The molecule has 25 heavy (non-hydrogen) atoms. The maximum Gasteiger partial charge on any atom is 0.315 e. The molecule has 1 aromatic carbocycles. The van der Waals surface area contributed by atoms with E-state index in [2.05, 4.69) is 10.6 Å². The number of hydrogen-bond donors (Lipinski definition) is 2. The molecule has 5 nitrogen and oxygen atoms in total. The summed E-state index contributed by atoms with van der Waals surface area (Å²) in [5, 5.41) is 5.89. The predicted molar refractivity (Wildman–Crippen MR) is 100 cm³/mol. The van der Waals surface area contributed by atoms with E-state index in [4.69, 9.17) is 0 Å². The molecule has 1 atom stereocenters. The predicted octanol–water partition coefficient (Wildman–Crippen LogP) is 3.62. The number of nitrogens with zero attached hydrogens (tertiary/aromatic N) is 1. The second-order valence-electron chi connectivity index (χ2n) is 6.93. The number of carbonyl (C=O) groups excluding carboxylic acids is 2. The summed E-state index contributed by atoms with van der Waals surface area (Å²) in [4.78, 5) is 26.0. The summed E-state index contributed by atoms with van der Waals surface area (Å²) in [6.07, 6.45) is 6.93. The fourth-order valence-electron chi connectivity index (χ4n) is 3.27. The van der Waals surface area contributed by atoms with Crippen LogP contribution in [0.2, 0.25) is 0 Å². The molecule has 1 aromatic rings. The van der Waals surface area contributed by atoms with E-state index < -0.39 is 0 Å². The summed E-state index contributed by atoms with van der Waals surface area (Å²) in [5.41, 5.74) is 1.13. The van der Waals surface area contributed by atoms with Gasteiger partial charge >= 0.3 is 6.03 Å². The quantitative estimate of drug-likeness (QED) is 0.742. The van der Waals surface area contributed by atoms with Crippen LogP contribution in [0.1, 0.15) is 63.5 Å². The van der Waals surface area contributed by atoms with Crippen LogP contribution in [0.3, 0.4) is 0 Å². The van der Waals surface area contributed by atoms with E-state index in [0.29, 0.717) is 25.4 Å². The van der Waals surface area contributed by atoms with Gasteiger partial charge in [0.1, 0.15) is 0 Å². The monoisotopic (exact) mass is 345 g/mol. The van der Waals surface area contributed by atoms with Crippen molar-refractivity contribution in [2.24, 2.45) is 0 Å². The third kappa shape index (κ3) is 6.40. The number of nitrogens with one attached hydrogen (secondary N) is 2. The number of amides is 3. The largest absolute Gasteiger partial charge is 0.339 e. The van der Waals surface area contributed by atoms with E-state index >= 15 is 0 Å². The average Bonchev–Trinajstić information content (AvgIpc) is 2.65. The lowest BCUT2D eigenvalue weighted by atomic mass is 9.96. The van der Waals surface area contributed by atoms with Crippen molar-refractivity contribution in [2.75, 3.05) is 13.6 Å². The fourth-order valence-corrected chi connectivity index (χ4v) is 3.27. The van der Waals surface area contributed by atoms with Crippen molar-refractivity contribution < 1.29 is 9.59 Å². The van der Waals surface area contributed by atoms with Crippen LogP contribution < -0.4 is 10.6 Å². The Hall–Kier alpha value is -2.04. The van der Waals surface area contributed by atoms with E-state index in [9.17, 15) is 9.59 Å². The van der Waals surface area contributed by atoms with E-state index in [1.807, 2.05) is 44.3 Å². The van der Waals surface area contributed by atoms with Crippen LogP contribution in [0.15, 0.2) is 30.3 Å². The van der Waals surface area contributed by atoms with Gasteiger partial charge in [0.05, 0.1) is 6.04 Å². The molecule has 2 N–H and O–H groups in total. The Labute approximate surface area is 151 Å². The highest BCUT2D eigenvalue weighted by molar-refractivity contribution is 5.77. The molecular weight excluding hydrogens is 314 g/mol. The Morgan fingerprint density at radius 1 is 1.16 bits per heavy atom. The van der Waals surface area contributed by atoms with Crippen LogP contribution in [0, 0.1) is 0 Å². The smallest absolute Gasteiger partial charge is 0.315 e. The van der Waals surface area contributed by atoms with Crippen LogP contribution in [-0.2, 0) is 4.79 Å². The van der Waals surface area contributed by atoms with Crippen LogP contribution in [0.4, 0.5) is 4.79 Å². The van der Waals surface area contributed by atoms with Crippen molar-refractivity contribution in [1.29, 1.82) is 0 Å². The van der Waals surface area contributed by atoms with Gasteiger partial charge in [-0.3, -0.25) is 4.79 Å². The highest BCUT2D eigenvalue weighted by Crippen LogP contribution is 2.19. The third-order valence-electron chi connectivity index (χ3n) is 5.05. The lowest BCUT2D eigenvalue weighted by molar-refractivity contribution is -0.131. The second kappa shape index (κ2) is 10.1. The summed E-state index contributed by atoms with van der Waals surface area (Å²) in [7, 11) is 1.84. The summed E-state index contributed by atoms with van der Waals surface area (Å²) < 4.78 is 0. The first-order chi connectivity index (χ1) is 12.1. The molecular formula is C20H31N3O2. The van der Waals surface area contributed by atoms with Gasteiger partial charge in [-0.25, -0.2) is 4.79 Å². The summed E-state index contributed by atoms with van der Waals surface area (Å²) in [6, 6.07) is 10.3. The van der Waals surface area contributed by atoms with Gasteiger partial charge in [-0.1, -0.05) is 49.6 Å². The Balaban J connectivity index is 1.63. The minimum absolute atomic E-state index is 0.0521. The number of rotatable bonds is 7. The molecule has 0 saturated heterocycles. The van der Waals surface area contributed by atoms with E-state index in [0.717, 1.165) is 18.4 Å². The second-order valence-corrected chi connectivity index (χ2v) is 6.93. The highest BCUT2D eigenvalue weighted by atomic mass is 16.2. The zero-order valence-electron chi connectivity index (χ0n) is 15.5. The van der Waals surface area contributed by atoms with Crippen LogP contribution in [0.5, 0.6) is 0 Å². The van der Waals surface area contributed by atoms with E-state index in [1.165, 1.54) is 19.3 Å². The van der Waals surface area contributed by atoms with Gasteiger partial charge < -0.3 is 15.5 Å². The Bertz CT molecular complexity index is 541. The molecule has 5 heteroatoms. The third-order valence-corrected chi connectivity index (χ3v) is 5.05. The normalized spacial score (nSPS) is 16.1. The Morgan fingerprint density at radius 2 is 1.84 bits per heavy atom. The molecule has 1 aliphatic carbocycles. The molecule has 0 bridgehead atoms. The maximum absolute atomic E-state index is 12.3. The lowest BCUT2D eigenvalue weighted by Gasteiger charge is -2.25. The number of benzene rings is 1. The zero-order chi connectivity index (χ0) is 18.1.